The van der Waals surface area contributed by atoms with Crippen LogP contribution in [-0.4, -0.2) is 34.2 Å². The molecule has 0 unspecified atom stereocenters. The summed E-state index contributed by atoms with van der Waals surface area (Å²) in [7, 11) is 1.76. The number of benzene rings is 1. The van der Waals surface area contributed by atoms with Crippen LogP contribution in [0.2, 0.25) is 5.02 Å². The van der Waals surface area contributed by atoms with E-state index in [4.69, 9.17) is 16.3 Å². The highest BCUT2D eigenvalue weighted by atomic mass is 35.5. The summed E-state index contributed by atoms with van der Waals surface area (Å²) >= 11 is 6.18. The largest absolute Gasteiger partial charge is 0.369 e. The van der Waals surface area contributed by atoms with Crippen LogP contribution in [0.15, 0.2) is 24.3 Å². The zero-order valence-electron chi connectivity index (χ0n) is 13.5. The highest BCUT2D eigenvalue weighted by Gasteiger charge is 2.30. The molecule has 0 aliphatic carbocycles. The molecule has 0 bridgehead atoms. The topological polar surface area (TPSA) is 58.2 Å². The second kappa shape index (κ2) is 6.34. The van der Waals surface area contributed by atoms with Gasteiger partial charge < -0.3 is 9.64 Å². The highest BCUT2D eigenvalue weighted by Crippen LogP contribution is 2.30. The van der Waals surface area contributed by atoms with Crippen molar-refractivity contribution in [3.63, 3.8) is 0 Å². The van der Waals surface area contributed by atoms with Crippen molar-refractivity contribution in [3.8, 4) is 0 Å². The molecule has 1 aliphatic heterocycles. The van der Waals surface area contributed by atoms with E-state index in [-0.39, 0.29) is 18.1 Å². The summed E-state index contributed by atoms with van der Waals surface area (Å²) in [5.74, 6) is -0.108. The first kappa shape index (κ1) is 16.0. The fourth-order valence-electron chi connectivity index (χ4n) is 2.99. The number of halogens is 1. The minimum atomic E-state index is -0.108. The third-order valence-corrected chi connectivity index (χ3v) is 4.52. The van der Waals surface area contributed by atoms with Crippen LogP contribution in [0.3, 0.4) is 0 Å². The maximum atomic E-state index is 12.8. The third kappa shape index (κ3) is 3.12. The number of hydrogen-bond donors (Lipinski definition) is 1. The van der Waals surface area contributed by atoms with E-state index in [2.05, 4.69) is 10.2 Å². The number of nitrogens with one attached hydrogen (secondary N) is 1. The number of carbonyl (C=O) groups excluding carboxylic acids is 1. The van der Waals surface area contributed by atoms with Gasteiger partial charge in [0.05, 0.1) is 17.9 Å². The maximum absolute atomic E-state index is 12.8. The van der Waals surface area contributed by atoms with Crippen LogP contribution in [-0.2, 0) is 17.7 Å². The average molecular weight is 334 g/mol. The van der Waals surface area contributed by atoms with E-state index in [1.54, 1.807) is 11.9 Å². The summed E-state index contributed by atoms with van der Waals surface area (Å²) in [5.41, 5.74) is 3.26. The molecule has 2 aromatic rings. The summed E-state index contributed by atoms with van der Waals surface area (Å²) in [5, 5.41) is 7.86. The van der Waals surface area contributed by atoms with E-state index in [1.165, 1.54) is 0 Å². The van der Waals surface area contributed by atoms with Gasteiger partial charge in [0.25, 0.3) is 5.91 Å². The maximum Gasteiger partial charge on any atom is 0.274 e. The van der Waals surface area contributed by atoms with Crippen LogP contribution >= 0.6 is 11.6 Å². The number of ether oxygens (including phenoxy) is 1. The van der Waals surface area contributed by atoms with Gasteiger partial charge in [-0.1, -0.05) is 29.8 Å². The second-order valence-corrected chi connectivity index (χ2v) is 6.42. The number of fused-ring (bicyclic) bond motifs is 1. The molecule has 1 amide bonds. The molecule has 1 aromatic carbocycles. The number of nitrogens with zero attached hydrogens (tertiary/aromatic N) is 2. The molecule has 0 spiro atoms. The average Bonchev–Trinajstić information content (AvgIpc) is 2.92. The zero-order chi connectivity index (χ0) is 16.6. The lowest BCUT2D eigenvalue weighted by molar-refractivity contribution is -0.00701. The molecular weight excluding hydrogens is 314 g/mol. The van der Waals surface area contributed by atoms with E-state index in [9.17, 15) is 4.79 Å². The van der Waals surface area contributed by atoms with E-state index < -0.39 is 0 Å². The van der Waals surface area contributed by atoms with Crippen molar-refractivity contribution >= 4 is 17.5 Å². The van der Waals surface area contributed by atoms with Crippen molar-refractivity contribution in [2.45, 2.75) is 39.0 Å². The van der Waals surface area contributed by atoms with Gasteiger partial charge in [0.15, 0.2) is 5.69 Å². The molecule has 122 valence electrons. The smallest absolute Gasteiger partial charge is 0.274 e. The molecule has 3 rings (SSSR count). The molecule has 5 nitrogen and oxygen atoms in total. The summed E-state index contributed by atoms with van der Waals surface area (Å²) in [6, 6.07) is 7.54. The van der Waals surface area contributed by atoms with Crippen LogP contribution in [0.1, 0.15) is 47.3 Å². The molecule has 6 heteroatoms. The predicted molar refractivity (Wildman–Crippen MR) is 88.5 cm³/mol. The molecule has 23 heavy (non-hydrogen) atoms. The van der Waals surface area contributed by atoms with E-state index in [0.717, 1.165) is 16.8 Å². The van der Waals surface area contributed by atoms with Gasteiger partial charge in [-0.3, -0.25) is 9.89 Å². The Morgan fingerprint density at radius 1 is 1.43 bits per heavy atom. The molecule has 0 fully saturated rings. The Morgan fingerprint density at radius 2 is 2.17 bits per heavy atom. The number of aromatic amines is 1. The van der Waals surface area contributed by atoms with E-state index >= 15 is 0 Å². The summed E-state index contributed by atoms with van der Waals surface area (Å²) in [6.07, 6.45) is 0.698. The number of amides is 1. The molecule has 2 heterocycles. The van der Waals surface area contributed by atoms with Crippen molar-refractivity contribution in [1.29, 1.82) is 0 Å². The summed E-state index contributed by atoms with van der Waals surface area (Å²) in [4.78, 5) is 14.4. The van der Waals surface area contributed by atoms with Gasteiger partial charge >= 0.3 is 0 Å². The Morgan fingerprint density at radius 3 is 2.91 bits per heavy atom. The molecule has 1 aliphatic rings. The monoisotopic (exact) mass is 333 g/mol. The fourth-order valence-corrected chi connectivity index (χ4v) is 3.18. The van der Waals surface area contributed by atoms with E-state index in [0.29, 0.717) is 23.7 Å². The lowest BCUT2D eigenvalue weighted by Gasteiger charge is -2.25. The van der Waals surface area contributed by atoms with Crippen molar-refractivity contribution in [2.75, 3.05) is 7.05 Å². The molecule has 0 saturated carbocycles. The first-order valence-electron chi connectivity index (χ1n) is 7.68. The normalized spacial score (nSPS) is 20.2. The van der Waals surface area contributed by atoms with Crippen LogP contribution in [0.4, 0.5) is 0 Å². The van der Waals surface area contributed by atoms with Gasteiger partial charge in [-0.15, -0.1) is 0 Å². The van der Waals surface area contributed by atoms with Crippen molar-refractivity contribution in [1.82, 2.24) is 15.1 Å². The van der Waals surface area contributed by atoms with Gasteiger partial charge in [0.2, 0.25) is 0 Å². The molecule has 0 radical (unpaired) electrons. The standard InChI is InChI=1S/C17H20ClN3O2/c1-10-8-13-15(11(2)23-10)19-20-16(13)17(22)21(3)9-12-6-4-5-7-14(12)18/h4-7,10-11H,8-9H2,1-3H3,(H,19,20)/t10-,11+/m1/s1. The van der Waals surface area contributed by atoms with Crippen molar-refractivity contribution < 1.29 is 9.53 Å². The Kier molecular flexibility index (Phi) is 4.41. The fraction of sp³-hybridized carbons (Fsp3) is 0.412. The van der Waals surface area contributed by atoms with Crippen molar-refractivity contribution in [3.05, 3.63) is 51.8 Å². The SMILES string of the molecule is C[C@@H]1Cc2c(C(=O)N(C)Cc3ccccc3Cl)n[nH]c2[C@H](C)O1. The Hall–Kier alpha value is -1.85. The van der Waals surface area contributed by atoms with Crippen molar-refractivity contribution in [2.24, 2.45) is 0 Å². The molecule has 2 atom stereocenters. The minimum absolute atomic E-state index is 0.0725. The van der Waals surface area contributed by atoms with E-state index in [1.807, 2.05) is 38.1 Å². The quantitative estimate of drug-likeness (QED) is 0.937. The van der Waals surface area contributed by atoms with Gasteiger partial charge in [-0.05, 0) is 25.5 Å². The number of aromatic nitrogens is 2. The van der Waals surface area contributed by atoms with Gasteiger partial charge in [0, 0.05) is 30.6 Å². The Bertz CT molecular complexity index is 728. The zero-order valence-corrected chi connectivity index (χ0v) is 14.2. The lowest BCUT2D eigenvalue weighted by Crippen LogP contribution is -2.29. The number of H-pyrrole nitrogens is 1. The van der Waals surface area contributed by atoms with Gasteiger partial charge in [0.1, 0.15) is 0 Å². The first-order valence-corrected chi connectivity index (χ1v) is 8.06. The second-order valence-electron chi connectivity index (χ2n) is 6.01. The summed E-state index contributed by atoms with van der Waals surface area (Å²) < 4.78 is 5.76. The van der Waals surface area contributed by atoms with Crippen LogP contribution < -0.4 is 0 Å². The lowest BCUT2D eigenvalue weighted by atomic mass is 9.99. The number of rotatable bonds is 3. The van der Waals surface area contributed by atoms with Crippen LogP contribution in [0, 0.1) is 0 Å². The molecule has 0 saturated heterocycles. The summed E-state index contributed by atoms with van der Waals surface area (Å²) in [6.45, 7) is 4.42. The highest BCUT2D eigenvalue weighted by molar-refractivity contribution is 6.31. The predicted octanol–water partition coefficient (Wildman–Crippen LogP) is 3.36. The molecule has 1 aromatic heterocycles. The van der Waals surface area contributed by atoms with Gasteiger partial charge in [-0.2, -0.15) is 5.10 Å². The molecular formula is C17H20ClN3O2. The first-order chi connectivity index (χ1) is 11.0. The van der Waals surface area contributed by atoms with Crippen LogP contribution in [0.25, 0.3) is 0 Å². The third-order valence-electron chi connectivity index (χ3n) is 4.15. The Labute approximate surface area is 140 Å². The Balaban J connectivity index is 1.82. The molecule has 1 N–H and O–H groups in total. The number of hydrogen-bond acceptors (Lipinski definition) is 3. The number of carbonyl (C=O) groups is 1. The minimum Gasteiger partial charge on any atom is -0.369 e. The van der Waals surface area contributed by atoms with Gasteiger partial charge in [-0.25, -0.2) is 0 Å². The van der Waals surface area contributed by atoms with Crippen LogP contribution in [0.5, 0.6) is 0 Å².